The molecule has 0 saturated carbocycles. The summed E-state index contributed by atoms with van der Waals surface area (Å²) in [6.45, 7) is 4.69. The fourth-order valence-electron chi connectivity index (χ4n) is 2.65. The Labute approximate surface area is 145 Å². The summed E-state index contributed by atoms with van der Waals surface area (Å²) in [5.41, 5.74) is 2.22. The zero-order valence-corrected chi connectivity index (χ0v) is 14.6. The highest BCUT2D eigenvalue weighted by molar-refractivity contribution is 5.89. The van der Waals surface area contributed by atoms with Gasteiger partial charge >= 0.3 is 11.7 Å². The van der Waals surface area contributed by atoms with Crippen LogP contribution in [0, 0.1) is 5.92 Å². The van der Waals surface area contributed by atoms with Crippen molar-refractivity contribution in [2.24, 2.45) is 13.0 Å². The first-order valence-electron chi connectivity index (χ1n) is 8.25. The molecule has 0 aliphatic carbocycles. The summed E-state index contributed by atoms with van der Waals surface area (Å²) in [7, 11) is 1.61. The quantitative estimate of drug-likeness (QED) is 0.791. The van der Waals surface area contributed by atoms with Crippen LogP contribution in [0.1, 0.15) is 20.3 Å². The molecule has 0 bridgehead atoms. The van der Waals surface area contributed by atoms with Crippen LogP contribution in [0.3, 0.4) is 0 Å². The minimum atomic E-state index is -0.429. The number of imidazole rings is 1. The van der Waals surface area contributed by atoms with Gasteiger partial charge in [-0.1, -0.05) is 19.9 Å². The number of carbonyl (C=O) groups excluding carboxylic acids is 1. The fourth-order valence-corrected chi connectivity index (χ4v) is 2.65. The van der Waals surface area contributed by atoms with Crippen molar-refractivity contribution < 1.29 is 4.79 Å². The summed E-state index contributed by atoms with van der Waals surface area (Å²) in [5, 5.41) is 2.81. The number of amides is 1. The normalized spacial score (nSPS) is 11.2. The van der Waals surface area contributed by atoms with Crippen molar-refractivity contribution >= 4 is 17.2 Å². The van der Waals surface area contributed by atoms with E-state index in [4.69, 9.17) is 0 Å². The van der Waals surface area contributed by atoms with E-state index in [9.17, 15) is 9.59 Å². The molecule has 1 N–H and O–H groups in total. The van der Waals surface area contributed by atoms with Gasteiger partial charge in [0.05, 0.1) is 5.52 Å². The van der Waals surface area contributed by atoms with Crippen molar-refractivity contribution in [2.75, 3.05) is 6.54 Å². The number of hydrogen-bond donors (Lipinski definition) is 1. The van der Waals surface area contributed by atoms with Gasteiger partial charge in [-0.25, -0.2) is 19.1 Å². The van der Waals surface area contributed by atoms with Gasteiger partial charge in [0.2, 0.25) is 0 Å². The van der Waals surface area contributed by atoms with E-state index < -0.39 is 11.7 Å². The van der Waals surface area contributed by atoms with E-state index in [1.54, 1.807) is 31.7 Å². The van der Waals surface area contributed by atoms with Crippen molar-refractivity contribution in [1.29, 1.82) is 0 Å². The van der Waals surface area contributed by atoms with Gasteiger partial charge in [-0.2, -0.15) is 0 Å². The average molecular weight is 339 g/mol. The molecule has 0 aliphatic heterocycles. The van der Waals surface area contributed by atoms with Crippen LogP contribution >= 0.6 is 0 Å². The molecule has 0 aliphatic rings. The molecule has 0 spiro atoms. The molecule has 0 saturated heterocycles. The topological polar surface area (TPSA) is 81.8 Å². The van der Waals surface area contributed by atoms with Crippen molar-refractivity contribution in [3.8, 4) is 11.1 Å². The molecule has 3 heterocycles. The van der Waals surface area contributed by atoms with Gasteiger partial charge in [-0.05, 0) is 24.5 Å². The highest BCUT2D eigenvalue weighted by atomic mass is 16.2. The lowest BCUT2D eigenvalue weighted by Crippen LogP contribution is -2.37. The largest absolute Gasteiger partial charge is 0.338 e. The number of aromatic nitrogens is 4. The summed E-state index contributed by atoms with van der Waals surface area (Å²) in [4.78, 5) is 33.5. The van der Waals surface area contributed by atoms with E-state index in [1.165, 1.54) is 4.57 Å². The van der Waals surface area contributed by atoms with E-state index >= 15 is 0 Å². The van der Waals surface area contributed by atoms with E-state index in [1.807, 2.05) is 12.1 Å². The molecule has 3 aromatic heterocycles. The van der Waals surface area contributed by atoms with Crippen LogP contribution in [0.5, 0.6) is 0 Å². The van der Waals surface area contributed by atoms with Crippen molar-refractivity contribution in [1.82, 2.24) is 24.4 Å². The predicted molar refractivity (Wildman–Crippen MR) is 96.5 cm³/mol. The third-order valence-corrected chi connectivity index (χ3v) is 4.08. The summed E-state index contributed by atoms with van der Waals surface area (Å²) >= 11 is 0. The highest BCUT2D eigenvalue weighted by Crippen LogP contribution is 2.21. The second-order valence-corrected chi connectivity index (χ2v) is 6.40. The van der Waals surface area contributed by atoms with E-state index in [2.05, 4.69) is 29.1 Å². The van der Waals surface area contributed by atoms with Gasteiger partial charge < -0.3 is 5.32 Å². The number of nitrogens with zero attached hydrogens (tertiary/aromatic N) is 4. The minimum absolute atomic E-state index is 0.409. The lowest BCUT2D eigenvalue weighted by molar-refractivity contribution is 0.241. The molecule has 7 heteroatoms. The average Bonchev–Trinajstić information content (AvgIpc) is 2.86. The maximum atomic E-state index is 12.5. The van der Waals surface area contributed by atoms with Gasteiger partial charge in [0.15, 0.2) is 5.65 Å². The first kappa shape index (κ1) is 16.9. The van der Waals surface area contributed by atoms with Crippen molar-refractivity contribution in [3.63, 3.8) is 0 Å². The zero-order valence-electron chi connectivity index (χ0n) is 14.6. The first-order chi connectivity index (χ1) is 12.0. The van der Waals surface area contributed by atoms with Crippen molar-refractivity contribution in [3.05, 3.63) is 47.3 Å². The zero-order chi connectivity index (χ0) is 18.0. The van der Waals surface area contributed by atoms with Crippen LogP contribution in [0.15, 0.2) is 41.6 Å². The number of nitrogens with one attached hydrogen (secondary N) is 1. The summed E-state index contributed by atoms with van der Waals surface area (Å²) in [5.74, 6) is 0.475. The molecule has 0 unspecified atom stereocenters. The fraction of sp³-hybridized carbons (Fsp3) is 0.333. The molecule has 0 fully saturated rings. The summed E-state index contributed by atoms with van der Waals surface area (Å²) < 4.78 is 2.52. The third kappa shape index (κ3) is 3.31. The molecular weight excluding hydrogens is 318 g/mol. The van der Waals surface area contributed by atoms with E-state index in [0.717, 1.165) is 22.1 Å². The first-order valence-corrected chi connectivity index (χ1v) is 8.25. The van der Waals surface area contributed by atoms with Gasteiger partial charge in [-0.15, -0.1) is 0 Å². The Morgan fingerprint density at radius 1 is 1.28 bits per heavy atom. The van der Waals surface area contributed by atoms with Gasteiger partial charge in [0.1, 0.15) is 0 Å². The van der Waals surface area contributed by atoms with E-state index in [-0.39, 0.29) is 0 Å². The number of pyridine rings is 2. The van der Waals surface area contributed by atoms with E-state index in [0.29, 0.717) is 23.6 Å². The number of carbonyl (C=O) groups is 1. The van der Waals surface area contributed by atoms with Crippen LogP contribution in [0.25, 0.3) is 22.3 Å². The number of hydrogen-bond acceptors (Lipinski definition) is 4. The molecule has 25 heavy (non-hydrogen) atoms. The van der Waals surface area contributed by atoms with Crippen molar-refractivity contribution in [2.45, 2.75) is 20.3 Å². The number of fused-ring (bicyclic) bond motifs is 1. The predicted octanol–water partition coefficient (Wildman–Crippen LogP) is 2.40. The Balaban J connectivity index is 2.04. The standard InChI is InChI=1S/C18H21N5O2/c1-12(2)6-8-20-17(24)23-15-9-14(13-5-4-7-19-10-13)11-21-16(15)22(3)18(23)25/h4-5,7,9-12H,6,8H2,1-3H3,(H,20,24). The second-order valence-electron chi connectivity index (χ2n) is 6.40. The molecule has 3 aromatic rings. The van der Waals surface area contributed by atoms with Gasteiger partial charge in [0, 0.05) is 43.3 Å². The maximum absolute atomic E-state index is 12.5. The molecule has 3 rings (SSSR count). The Morgan fingerprint density at radius 3 is 2.76 bits per heavy atom. The number of aryl methyl sites for hydroxylation is 1. The van der Waals surface area contributed by atoms with Crippen LogP contribution in [0.2, 0.25) is 0 Å². The monoisotopic (exact) mass is 339 g/mol. The Hall–Kier alpha value is -2.96. The van der Waals surface area contributed by atoms with Gasteiger partial charge in [0.25, 0.3) is 0 Å². The summed E-state index contributed by atoms with van der Waals surface area (Å²) in [6.07, 6.45) is 5.94. The van der Waals surface area contributed by atoms with Crippen LogP contribution in [-0.2, 0) is 7.05 Å². The molecule has 0 aromatic carbocycles. The third-order valence-electron chi connectivity index (χ3n) is 4.08. The second kappa shape index (κ2) is 6.88. The molecular formula is C18H21N5O2. The molecule has 130 valence electrons. The molecule has 0 radical (unpaired) electrons. The smallest absolute Gasteiger partial charge is 0.337 e. The highest BCUT2D eigenvalue weighted by Gasteiger charge is 2.18. The number of rotatable bonds is 4. The lowest BCUT2D eigenvalue weighted by Gasteiger charge is -2.08. The Kier molecular flexibility index (Phi) is 4.65. The lowest BCUT2D eigenvalue weighted by atomic mass is 10.1. The Bertz CT molecular complexity index is 957. The molecule has 7 nitrogen and oxygen atoms in total. The van der Waals surface area contributed by atoms with Crippen LogP contribution in [-0.4, -0.2) is 31.7 Å². The van der Waals surface area contributed by atoms with Crippen LogP contribution < -0.4 is 11.0 Å². The van der Waals surface area contributed by atoms with Crippen LogP contribution in [0.4, 0.5) is 4.79 Å². The molecule has 1 amide bonds. The molecule has 0 atom stereocenters. The Morgan fingerprint density at radius 2 is 2.08 bits per heavy atom. The summed E-state index contributed by atoms with van der Waals surface area (Å²) in [6, 6.07) is 5.10. The maximum Gasteiger partial charge on any atom is 0.338 e. The van der Waals surface area contributed by atoms with Gasteiger partial charge in [-0.3, -0.25) is 9.55 Å². The SMILES string of the molecule is CC(C)CCNC(=O)n1c(=O)n(C)c2ncc(-c3cccnc3)cc21. The minimum Gasteiger partial charge on any atom is -0.337 e.